The van der Waals surface area contributed by atoms with Gasteiger partial charge in [0.2, 0.25) is 5.89 Å². The van der Waals surface area contributed by atoms with E-state index >= 15 is 0 Å². The summed E-state index contributed by atoms with van der Waals surface area (Å²) in [5, 5.41) is 6.47. The zero-order valence-electron chi connectivity index (χ0n) is 15.5. The van der Waals surface area contributed by atoms with E-state index in [2.05, 4.69) is 25.6 Å². The van der Waals surface area contributed by atoms with Crippen molar-refractivity contribution < 1.29 is 4.42 Å². The van der Waals surface area contributed by atoms with E-state index in [1.165, 1.54) is 0 Å². The molecule has 0 radical (unpaired) electrons. The topological polar surface area (TPSA) is 78.6 Å². The Morgan fingerprint density at radius 3 is 2.64 bits per heavy atom. The number of anilines is 1. The number of rotatable bonds is 6. The molecule has 0 aliphatic carbocycles. The van der Waals surface area contributed by atoms with Gasteiger partial charge in [-0.25, -0.2) is 15.0 Å². The molecule has 25 heavy (non-hydrogen) atoms. The number of aromatic nitrogens is 2. The van der Waals surface area contributed by atoms with E-state index in [0.29, 0.717) is 19.0 Å². The summed E-state index contributed by atoms with van der Waals surface area (Å²) in [6.07, 6.45) is 1.80. The van der Waals surface area contributed by atoms with Gasteiger partial charge in [-0.05, 0) is 38.5 Å². The number of nitrogens with one attached hydrogen (secondary N) is 2. The Balaban J connectivity index is 0.00000312. The van der Waals surface area contributed by atoms with Crippen LogP contribution in [0, 0.1) is 13.8 Å². The van der Waals surface area contributed by atoms with Crippen molar-refractivity contribution in [2.45, 2.75) is 33.9 Å². The van der Waals surface area contributed by atoms with Crippen LogP contribution >= 0.6 is 24.0 Å². The summed E-state index contributed by atoms with van der Waals surface area (Å²) < 4.78 is 5.58. The number of nitrogens with zero attached hydrogens (tertiary/aromatic N) is 4. The number of oxazole rings is 1. The van der Waals surface area contributed by atoms with Crippen LogP contribution in [0.4, 0.5) is 5.82 Å². The first-order chi connectivity index (χ1) is 11.5. The maximum atomic E-state index is 5.58. The molecule has 0 aliphatic rings. The molecule has 0 unspecified atom stereocenters. The molecular formula is C17H27IN6O. The minimum atomic E-state index is 0. The highest BCUT2D eigenvalue weighted by Gasteiger charge is 2.06. The highest BCUT2D eigenvalue weighted by Crippen LogP contribution is 2.10. The second-order valence-corrected chi connectivity index (χ2v) is 5.71. The summed E-state index contributed by atoms with van der Waals surface area (Å²) in [6, 6.07) is 4.01. The van der Waals surface area contributed by atoms with Crippen LogP contribution in [0.2, 0.25) is 0 Å². The maximum absolute atomic E-state index is 5.58. The molecule has 2 aromatic rings. The fourth-order valence-corrected chi connectivity index (χ4v) is 2.09. The van der Waals surface area contributed by atoms with Gasteiger partial charge in [0.15, 0.2) is 5.96 Å². The molecule has 0 saturated heterocycles. The molecule has 0 atom stereocenters. The van der Waals surface area contributed by atoms with Gasteiger partial charge in [0.05, 0.1) is 18.8 Å². The highest BCUT2D eigenvalue weighted by molar-refractivity contribution is 14.0. The van der Waals surface area contributed by atoms with E-state index in [0.717, 1.165) is 35.3 Å². The predicted molar refractivity (Wildman–Crippen MR) is 112 cm³/mol. The molecule has 2 rings (SSSR count). The first kappa shape index (κ1) is 21.2. The smallest absolute Gasteiger partial charge is 0.214 e. The van der Waals surface area contributed by atoms with Gasteiger partial charge in [-0.1, -0.05) is 0 Å². The minimum Gasteiger partial charge on any atom is -0.444 e. The number of aryl methyl sites for hydroxylation is 2. The zero-order valence-corrected chi connectivity index (χ0v) is 17.8. The Hall–Kier alpha value is -1.84. The van der Waals surface area contributed by atoms with Gasteiger partial charge in [-0.3, -0.25) is 0 Å². The van der Waals surface area contributed by atoms with Gasteiger partial charge in [-0.15, -0.1) is 24.0 Å². The highest BCUT2D eigenvalue weighted by atomic mass is 127. The first-order valence-corrected chi connectivity index (χ1v) is 8.07. The third kappa shape index (κ3) is 6.52. The SMILES string of the molecule is CCNC(=NCc1ccnc(N(C)C)c1)NCc1nc(C)c(C)o1.I. The van der Waals surface area contributed by atoms with Crippen molar-refractivity contribution in [1.82, 2.24) is 20.6 Å². The molecule has 2 aromatic heterocycles. The Labute approximate surface area is 166 Å². The van der Waals surface area contributed by atoms with Crippen molar-refractivity contribution in [3.05, 3.63) is 41.2 Å². The lowest BCUT2D eigenvalue weighted by Gasteiger charge is -2.12. The lowest BCUT2D eigenvalue weighted by molar-refractivity contribution is 0.463. The largest absolute Gasteiger partial charge is 0.444 e. The molecule has 0 amide bonds. The van der Waals surface area contributed by atoms with Gasteiger partial charge in [-0.2, -0.15) is 0 Å². The van der Waals surface area contributed by atoms with E-state index in [9.17, 15) is 0 Å². The third-order valence-electron chi connectivity index (χ3n) is 3.51. The van der Waals surface area contributed by atoms with Crippen molar-refractivity contribution in [3.63, 3.8) is 0 Å². The summed E-state index contributed by atoms with van der Waals surface area (Å²) in [7, 11) is 3.95. The molecule has 2 heterocycles. The van der Waals surface area contributed by atoms with Crippen LogP contribution in [-0.2, 0) is 13.1 Å². The molecule has 0 saturated carbocycles. The minimum absolute atomic E-state index is 0. The molecule has 0 aromatic carbocycles. The second kappa shape index (κ2) is 10.2. The molecular weight excluding hydrogens is 431 g/mol. The van der Waals surface area contributed by atoms with Crippen LogP contribution in [0.3, 0.4) is 0 Å². The molecule has 0 fully saturated rings. The van der Waals surface area contributed by atoms with Gasteiger partial charge in [0, 0.05) is 26.8 Å². The molecule has 0 bridgehead atoms. The molecule has 0 aliphatic heterocycles. The van der Waals surface area contributed by atoms with Gasteiger partial charge in [0.1, 0.15) is 11.6 Å². The average Bonchev–Trinajstić information content (AvgIpc) is 2.88. The number of hydrogen-bond acceptors (Lipinski definition) is 5. The quantitative estimate of drug-likeness (QED) is 0.394. The Morgan fingerprint density at radius 2 is 2.04 bits per heavy atom. The van der Waals surface area contributed by atoms with Crippen molar-refractivity contribution in [1.29, 1.82) is 0 Å². The van der Waals surface area contributed by atoms with Crippen molar-refractivity contribution in [3.8, 4) is 0 Å². The Bertz CT molecular complexity index is 679. The zero-order chi connectivity index (χ0) is 17.5. The number of hydrogen-bond donors (Lipinski definition) is 2. The summed E-state index contributed by atoms with van der Waals surface area (Å²) >= 11 is 0. The van der Waals surface area contributed by atoms with Gasteiger partial charge >= 0.3 is 0 Å². The summed E-state index contributed by atoms with van der Waals surface area (Å²) in [4.78, 5) is 15.3. The standard InChI is InChI=1S/C17H26N6O.HI/c1-6-18-17(21-11-16-22-12(2)13(3)24-16)20-10-14-7-8-19-15(9-14)23(4)5;/h7-9H,6,10-11H2,1-5H3,(H2,18,20,21);1H. The molecule has 7 nitrogen and oxygen atoms in total. The van der Waals surface area contributed by atoms with Crippen LogP contribution < -0.4 is 15.5 Å². The van der Waals surface area contributed by atoms with E-state index < -0.39 is 0 Å². The number of aliphatic imine (C=N–C) groups is 1. The average molecular weight is 458 g/mol. The van der Waals surface area contributed by atoms with Gasteiger partial charge in [0.25, 0.3) is 0 Å². The monoisotopic (exact) mass is 458 g/mol. The van der Waals surface area contributed by atoms with Crippen LogP contribution in [0.15, 0.2) is 27.7 Å². The molecule has 138 valence electrons. The number of guanidine groups is 1. The Kier molecular flexibility index (Phi) is 8.67. The fourth-order valence-electron chi connectivity index (χ4n) is 2.09. The van der Waals surface area contributed by atoms with E-state index in [4.69, 9.17) is 4.42 Å². The van der Waals surface area contributed by atoms with Crippen molar-refractivity contribution in [2.24, 2.45) is 4.99 Å². The fraction of sp³-hybridized carbons (Fsp3) is 0.471. The first-order valence-electron chi connectivity index (χ1n) is 8.07. The normalized spacial score (nSPS) is 11.0. The summed E-state index contributed by atoms with van der Waals surface area (Å²) in [5.41, 5.74) is 2.02. The molecule has 8 heteroatoms. The number of halogens is 1. The van der Waals surface area contributed by atoms with Crippen LogP contribution in [0.25, 0.3) is 0 Å². The predicted octanol–water partition coefficient (Wildman–Crippen LogP) is 2.63. The van der Waals surface area contributed by atoms with Crippen molar-refractivity contribution in [2.75, 3.05) is 25.5 Å². The third-order valence-corrected chi connectivity index (χ3v) is 3.51. The summed E-state index contributed by atoms with van der Waals surface area (Å²) in [6.45, 7) is 7.74. The molecule has 0 spiro atoms. The van der Waals surface area contributed by atoms with Gasteiger partial charge < -0.3 is 20.0 Å². The van der Waals surface area contributed by atoms with Crippen LogP contribution in [0.1, 0.15) is 29.8 Å². The molecule has 2 N–H and O–H groups in total. The lowest BCUT2D eigenvalue weighted by atomic mass is 10.2. The van der Waals surface area contributed by atoms with E-state index in [-0.39, 0.29) is 24.0 Å². The van der Waals surface area contributed by atoms with Crippen LogP contribution in [-0.4, -0.2) is 36.6 Å². The lowest BCUT2D eigenvalue weighted by Crippen LogP contribution is -2.36. The van der Waals surface area contributed by atoms with Crippen LogP contribution in [0.5, 0.6) is 0 Å². The second-order valence-electron chi connectivity index (χ2n) is 5.71. The van der Waals surface area contributed by atoms with E-state index in [1.807, 2.05) is 51.9 Å². The summed E-state index contributed by atoms with van der Waals surface area (Å²) in [5.74, 6) is 3.16. The van der Waals surface area contributed by atoms with E-state index in [1.54, 1.807) is 6.20 Å². The Morgan fingerprint density at radius 1 is 1.28 bits per heavy atom. The van der Waals surface area contributed by atoms with Crippen molar-refractivity contribution >= 4 is 35.8 Å². The maximum Gasteiger partial charge on any atom is 0.214 e. The number of pyridine rings is 1.